The summed E-state index contributed by atoms with van der Waals surface area (Å²) in [6.45, 7) is 4.68. The van der Waals surface area contributed by atoms with E-state index in [1.165, 1.54) is 17.5 Å². The van der Waals surface area contributed by atoms with E-state index < -0.39 is 0 Å². The molecule has 0 radical (unpaired) electrons. The number of nitrogens with zero attached hydrogens (tertiary/aromatic N) is 4. The summed E-state index contributed by atoms with van der Waals surface area (Å²) in [6, 6.07) is 14.0. The van der Waals surface area contributed by atoms with Gasteiger partial charge in [-0.25, -0.2) is 0 Å². The fourth-order valence-corrected chi connectivity index (χ4v) is 5.79. The van der Waals surface area contributed by atoms with E-state index in [2.05, 4.69) is 46.7 Å². The maximum absolute atomic E-state index is 13.3. The van der Waals surface area contributed by atoms with Crippen LogP contribution in [0.1, 0.15) is 66.9 Å². The summed E-state index contributed by atoms with van der Waals surface area (Å²) in [5, 5.41) is 13.3. The molecule has 7 nitrogen and oxygen atoms in total. The number of nitrogens with one attached hydrogen (secondary N) is 1. The fourth-order valence-electron chi connectivity index (χ4n) is 4.91. The average molecular weight is 490 g/mol. The zero-order valence-corrected chi connectivity index (χ0v) is 21.1. The molecule has 1 saturated carbocycles. The van der Waals surface area contributed by atoms with Crippen molar-refractivity contribution in [1.29, 1.82) is 0 Å². The fraction of sp³-hybridized carbons (Fsp3) is 0.407. The molecule has 4 aromatic rings. The van der Waals surface area contributed by atoms with Crippen molar-refractivity contribution in [3.8, 4) is 0 Å². The Balaban J connectivity index is 1.57. The Bertz CT molecular complexity index is 1440. The molecule has 8 heteroatoms. The molecule has 1 aliphatic carbocycles. The SMILES string of the molecule is CCCn1c(=O)c2ccc(C(=O)NC3CCCCC3)cc2n2c(SCc3cccc(C)c3)nnc12. The molecule has 2 aromatic heterocycles. The molecule has 0 aliphatic heterocycles. The number of carbonyl (C=O) groups is 1. The number of thioether (sulfide) groups is 1. The van der Waals surface area contributed by atoms with Crippen LogP contribution in [-0.4, -0.2) is 31.1 Å². The van der Waals surface area contributed by atoms with Gasteiger partial charge >= 0.3 is 0 Å². The third-order valence-electron chi connectivity index (χ3n) is 6.67. The first-order valence-corrected chi connectivity index (χ1v) is 13.4. The maximum atomic E-state index is 13.3. The van der Waals surface area contributed by atoms with Gasteiger partial charge in [0.25, 0.3) is 11.5 Å². The topological polar surface area (TPSA) is 81.3 Å². The lowest BCUT2D eigenvalue weighted by Gasteiger charge is -2.22. The lowest BCUT2D eigenvalue weighted by atomic mass is 9.95. The van der Waals surface area contributed by atoms with E-state index in [1.54, 1.807) is 28.5 Å². The van der Waals surface area contributed by atoms with Crippen molar-refractivity contribution in [2.45, 2.75) is 75.9 Å². The highest BCUT2D eigenvalue weighted by atomic mass is 32.2. The Hall–Kier alpha value is -3.13. The van der Waals surface area contributed by atoms with Crippen molar-refractivity contribution in [3.63, 3.8) is 0 Å². The number of carbonyl (C=O) groups excluding carboxylic acids is 1. The Morgan fingerprint density at radius 2 is 1.94 bits per heavy atom. The molecule has 1 amide bonds. The summed E-state index contributed by atoms with van der Waals surface area (Å²) < 4.78 is 3.62. The first kappa shape index (κ1) is 23.6. The number of aromatic nitrogens is 4. The third-order valence-corrected chi connectivity index (χ3v) is 7.67. The molecule has 5 rings (SSSR count). The lowest BCUT2D eigenvalue weighted by molar-refractivity contribution is 0.0928. The molecule has 0 spiro atoms. The molecule has 182 valence electrons. The van der Waals surface area contributed by atoms with Crippen LogP contribution in [0, 0.1) is 6.92 Å². The normalized spacial score (nSPS) is 14.6. The third kappa shape index (κ3) is 4.85. The zero-order chi connectivity index (χ0) is 24.4. The minimum Gasteiger partial charge on any atom is -0.349 e. The molecule has 2 aromatic carbocycles. The molecule has 2 heterocycles. The maximum Gasteiger partial charge on any atom is 0.262 e. The summed E-state index contributed by atoms with van der Waals surface area (Å²) in [5.41, 5.74) is 3.54. The van der Waals surface area contributed by atoms with Gasteiger partial charge < -0.3 is 5.32 Å². The van der Waals surface area contributed by atoms with Crippen molar-refractivity contribution in [3.05, 3.63) is 69.5 Å². The van der Waals surface area contributed by atoms with Crippen molar-refractivity contribution in [2.24, 2.45) is 0 Å². The van der Waals surface area contributed by atoms with Crippen LogP contribution in [-0.2, 0) is 12.3 Å². The summed E-state index contributed by atoms with van der Waals surface area (Å²) in [5.74, 6) is 1.16. The van der Waals surface area contributed by atoms with Crippen LogP contribution in [0.4, 0.5) is 0 Å². The van der Waals surface area contributed by atoms with Crippen molar-refractivity contribution in [1.82, 2.24) is 24.5 Å². The molecule has 1 N–H and O–H groups in total. The van der Waals surface area contributed by atoms with Crippen molar-refractivity contribution >= 4 is 34.3 Å². The van der Waals surface area contributed by atoms with Crippen LogP contribution in [0.25, 0.3) is 16.7 Å². The Morgan fingerprint density at radius 3 is 2.71 bits per heavy atom. The van der Waals surface area contributed by atoms with Gasteiger partial charge in [0.2, 0.25) is 5.78 Å². The average Bonchev–Trinajstić information content (AvgIpc) is 3.29. The number of rotatable bonds is 7. The molecule has 0 saturated heterocycles. The molecule has 0 unspecified atom stereocenters. The molecule has 0 bridgehead atoms. The number of hydrogen-bond donors (Lipinski definition) is 1. The van der Waals surface area contributed by atoms with Gasteiger partial charge in [0.1, 0.15) is 0 Å². The number of fused-ring (bicyclic) bond motifs is 3. The second-order valence-electron chi connectivity index (χ2n) is 9.39. The van der Waals surface area contributed by atoms with E-state index in [1.807, 2.05) is 17.4 Å². The van der Waals surface area contributed by atoms with Gasteiger partial charge in [-0.2, -0.15) is 0 Å². The van der Waals surface area contributed by atoms with E-state index >= 15 is 0 Å². The number of amides is 1. The largest absolute Gasteiger partial charge is 0.349 e. The zero-order valence-electron chi connectivity index (χ0n) is 20.3. The highest BCUT2D eigenvalue weighted by Crippen LogP contribution is 2.26. The van der Waals surface area contributed by atoms with Crippen LogP contribution in [0.15, 0.2) is 52.4 Å². The quantitative estimate of drug-likeness (QED) is 0.365. The first-order chi connectivity index (χ1) is 17.0. The van der Waals surface area contributed by atoms with Crippen LogP contribution in [0.3, 0.4) is 0 Å². The summed E-state index contributed by atoms with van der Waals surface area (Å²) >= 11 is 1.58. The highest BCUT2D eigenvalue weighted by molar-refractivity contribution is 7.98. The van der Waals surface area contributed by atoms with E-state index in [-0.39, 0.29) is 17.5 Å². The number of aryl methyl sites for hydroxylation is 2. The highest BCUT2D eigenvalue weighted by Gasteiger charge is 2.20. The van der Waals surface area contributed by atoms with Crippen molar-refractivity contribution < 1.29 is 4.79 Å². The van der Waals surface area contributed by atoms with E-state index in [0.29, 0.717) is 33.9 Å². The second kappa shape index (κ2) is 10.2. The predicted molar refractivity (Wildman–Crippen MR) is 140 cm³/mol. The minimum atomic E-state index is -0.101. The van der Waals surface area contributed by atoms with Crippen LogP contribution in [0.2, 0.25) is 0 Å². The number of benzene rings is 2. The minimum absolute atomic E-state index is 0.0910. The lowest BCUT2D eigenvalue weighted by Crippen LogP contribution is -2.36. The molecular weight excluding hydrogens is 458 g/mol. The van der Waals surface area contributed by atoms with Gasteiger partial charge in [0, 0.05) is 23.9 Å². The van der Waals surface area contributed by atoms with Gasteiger partial charge in [-0.15, -0.1) is 10.2 Å². The van der Waals surface area contributed by atoms with Crippen LogP contribution < -0.4 is 10.9 Å². The van der Waals surface area contributed by atoms with Crippen molar-refractivity contribution in [2.75, 3.05) is 0 Å². The standard InChI is InChI=1S/C27H31N5O2S/c1-3-14-31-25(34)22-13-12-20(24(33)28-21-10-5-4-6-11-21)16-23(22)32-26(31)29-30-27(32)35-17-19-9-7-8-18(2)15-19/h7-9,12-13,15-16,21H,3-6,10-11,14,17H2,1-2H3,(H,28,33). The monoisotopic (exact) mass is 489 g/mol. The molecule has 1 aliphatic rings. The molecule has 0 atom stereocenters. The predicted octanol–water partition coefficient (Wildman–Crippen LogP) is 5.12. The Labute approximate surface area is 208 Å². The summed E-state index contributed by atoms with van der Waals surface area (Å²) in [7, 11) is 0. The van der Waals surface area contributed by atoms with Gasteiger partial charge in [0.15, 0.2) is 5.16 Å². The smallest absolute Gasteiger partial charge is 0.262 e. The summed E-state index contributed by atoms with van der Waals surface area (Å²) in [4.78, 5) is 26.4. The van der Waals surface area contributed by atoms with E-state index in [4.69, 9.17) is 0 Å². The van der Waals surface area contributed by atoms with E-state index in [0.717, 1.165) is 37.9 Å². The van der Waals surface area contributed by atoms with Gasteiger partial charge in [0.05, 0.1) is 10.9 Å². The Morgan fingerprint density at radius 1 is 1.11 bits per heavy atom. The van der Waals surface area contributed by atoms with Crippen LogP contribution in [0.5, 0.6) is 0 Å². The van der Waals surface area contributed by atoms with Gasteiger partial charge in [-0.05, 0) is 49.9 Å². The van der Waals surface area contributed by atoms with E-state index in [9.17, 15) is 9.59 Å². The summed E-state index contributed by atoms with van der Waals surface area (Å²) in [6.07, 6.45) is 6.40. The molecule has 1 fully saturated rings. The van der Waals surface area contributed by atoms with Gasteiger partial charge in [-0.1, -0.05) is 67.8 Å². The Kier molecular flexibility index (Phi) is 6.90. The second-order valence-corrected chi connectivity index (χ2v) is 10.3. The van der Waals surface area contributed by atoms with Crippen LogP contribution >= 0.6 is 11.8 Å². The molecular formula is C27H31N5O2S. The first-order valence-electron chi connectivity index (χ1n) is 12.5. The number of hydrogen-bond acceptors (Lipinski definition) is 5. The van der Waals surface area contributed by atoms with Gasteiger partial charge in [-0.3, -0.25) is 18.6 Å². The molecule has 35 heavy (non-hydrogen) atoms.